The molecule has 0 bridgehead atoms. The summed E-state index contributed by atoms with van der Waals surface area (Å²) in [5.74, 6) is -0.295. The van der Waals surface area contributed by atoms with Gasteiger partial charge in [0.25, 0.3) is 0 Å². The molecule has 0 radical (unpaired) electrons. The van der Waals surface area contributed by atoms with Crippen molar-refractivity contribution in [3.8, 4) is 11.5 Å². The average Bonchev–Trinajstić information content (AvgIpc) is 2.24. The lowest BCUT2D eigenvalue weighted by molar-refractivity contribution is 0.0977. The molecule has 0 spiro atoms. The summed E-state index contributed by atoms with van der Waals surface area (Å²) in [6, 6.07) is 4.02. The standard InChI is InChI=1S/C13H16O3/c1-2-3-4-5-6-12(15)11-8-7-10(14)9-13(11)16/h2,7-9,14,16H,1,3-6H2. The fraction of sp³-hybridized carbons (Fsp3) is 0.308. The number of ketones is 1. The monoisotopic (exact) mass is 220 g/mol. The number of hydrogen-bond donors (Lipinski definition) is 2. The summed E-state index contributed by atoms with van der Waals surface area (Å²) in [4.78, 5) is 11.7. The fourth-order valence-corrected chi connectivity index (χ4v) is 1.46. The molecule has 1 aromatic rings. The maximum absolute atomic E-state index is 11.7. The van der Waals surface area contributed by atoms with Crippen LogP contribution in [0.4, 0.5) is 0 Å². The van der Waals surface area contributed by atoms with Crippen LogP contribution in [0, 0.1) is 0 Å². The summed E-state index contributed by atoms with van der Waals surface area (Å²) in [6.45, 7) is 3.61. The van der Waals surface area contributed by atoms with Gasteiger partial charge < -0.3 is 10.2 Å². The lowest BCUT2D eigenvalue weighted by Gasteiger charge is -2.03. The van der Waals surface area contributed by atoms with Crippen molar-refractivity contribution >= 4 is 5.78 Å². The van der Waals surface area contributed by atoms with Crippen LogP contribution in [0.15, 0.2) is 30.9 Å². The van der Waals surface area contributed by atoms with Gasteiger partial charge in [0.1, 0.15) is 11.5 Å². The Balaban J connectivity index is 2.56. The van der Waals surface area contributed by atoms with Gasteiger partial charge in [0, 0.05) is 12.5 Å². The first-order chi connectivity index (χ1) is 7.65. The quantitative estimate of drug-likeness (QED) is 0.440. The molecule has 0 amide bonds. The first-order valence-electron chi connectivity index (χ1n) is 5.31. The molecule has 0 aliphatic rings. The molecule has 3 heteroatoms. The molecule has 3 nitrogen and oxygen atoms in total. The van der Waals surface area contributed by atoms with Crippen molar-refractivity contribution in [2.45, 2.75) is 25.7 Å². The first kappa shape index (κ1) is 12.3. The van der Waals surface area contributed by atoms with Gasteiger partial charge in [0.15, 0.2) is 5.78 Å². The molecule has 0 saturated carbocycles. The number of unbranched alkanes of at least 4 members (excludes halogenated alkanes) is 2. The van der Waals surface area contributed by atoms with E-state index < -0.39 is 0 Å². The number of Topliss-reactive ketones (excluding diaryl/α,β-unsaturated/α-hetero) is 1. The van der Waals surface area contributed by atoms with Crippen molar-refractivity contribution in [1.82, 2.24) is 0 Å². The Morgan fingerprint density at radius 2 is 2.06 bits per heavy atom. The largest absolute Gasteiger partial charge is 0.508 e. The molecule has 0 aliphatic carbocycles. The van der Waals surface area contributed by atoms with Crippen molar-refractivity contribution in [1.29, 1.82) is 0 Å². The highest BCUT2D eigenvalue weighted by Crippen LogP contribution is 2.24. The third kappa shape index (κ3) is 3.42. The number of phenols is 2. The number of hydrogen-bond acceptors (Lipinski definition) is 3. The van der Waals surface area contributed by atoms with Crippen LogP contribution in [-0.2, 0) is 0 Å². The molecule has 0 heterocycles. The molecule has 0 fully saturated rings. The highest BCUT2D eigenvalue weighted by molar-refractivity contribution is 5.98. The van der Waals surface area contributed by atoms with E-state index in [9.17, 15) is 9.90 Å². The number of aromatic hydroxyl groups is 2. The Morgan fingerprint density at radius 3 is 2.69 bits per heavy atom. The smallest absolute Gasteiger partial charge is 0.166 e. The predicted octanol–water partition coefficient (Wildman–Crippen LogP) is 3.03. The minimum atomic E-state index is -0.159. The Kier molecular flexibility index (Phi) is 4.58. The Bertz CT molecular complexity index is 383. The van der Waals surface area contributed by atoms with Gasteiger partial charge in [-0.05, 0) is 31.4 Å². The molecular formula is C13H16O3. The maximum atomic E-state index is 11.7. The second-order valence-electron chi connectivity index (χ2n) is 3.66. The number of carbonyl (C=O) groups excluding carboxylic acids is 1. The second-order valence-corrected chi connectivity index (χ2v) is 3.66. The highest BCUT2D eigenvalue weighted by atomic mass is 16.3. The third-order valence-corrected chi connectivity index (χ3v) is 2.34. The summed E-state index contributed by atoms with van der Waals surface area (Å²) >= 11 is 0. The van der Waals surface area contributed by atoms with Crippen LogP contribution in [-0.4, -0.2) is 16.0 Å². The average molecular weight is 220 g/mol. The molecule has 2 N–H and O–H groups in total. The van der Waals surface area contributed by atoms with Crippen LogP contribution in [0.1, 0.15) is 36.0 Å². The Hall–Kier alpha value is -1.77. The zero-order valence-electron chi connectivity index (χ0n) is 9.15. The minimum absolute atomic E-state index is 0.0410. The number of carbonyl (C=O) groups is 1. The molecule has 0 unspecified atom stereocenters. The Labute approximate surface area is 95.0 Å². The second kappa shape index (κ2) is 5.95. The topological polar surface area (TPSA) is 57.5 Å². The van der Waals surface area contributed by atoms with Gasteiger partial charge in [0.05, 0.1) is 5.56 Å². The fourth-order valence-electron chi connectivity index (χ4n) is 1.46. The molecule has 0 saturated heterocycles. The zero-order chi connectivity index (χ0) is 12.0. The van der Waals surface area contributed by atoms with Crippen molar-refractivity contribution in [2.24, 2.45) is 0 Å². The summed E-state index contributed by atoms with van der Waals surface area (Å²) < 4.78 is 0. The number of benzene rings is 1. The van der Waals surface area contributed by atoms with Gasteiger partial charge in [-0.25, -0.2) is 0 Å². The van der Waals surface area contributed by atoms with Gasteiger partial charge in [-0.3, -0.25) is 4.79 Å². The first-order valence-corrected chi connectivity index (χ1v) is 5.31. The van der Waals surface area contributed by atoms with E-state index in [0.717, 1.165) is 19.3 Å². The molecule has 1 rings (SSSR count). The summed E-state index contributed by atoms with van der Waals surface area (Å²) in [6.07, 6.45) is 4.84. The Morgan fingerprint density at radius 1 is 1.31 bits per heavy atom. The summed E-state index contributed by atoms with van der Waals surface area (Å²) in [5, 5.41) is 18.6. The lowest BCUT2D eigenvalue weighted by atomic mass is 10.0. The highest BCUT2D eigenvalue weighted by Gasteiger charge is 2.10. The maximum Gasteiger partial charge on any atom is 0.166 e. The van der Waals surface area contributed by atoms with Crippen molar-refractivity contribution in [3.05, 3.63) is 36.4 Å². The molecule has 16 heavy (non-hydrogen) atoms. The summed E-state index contributed by atoms with van der Waals surface area (Å²) in [7, 11) is 0. The van der Waals surface area contributed by atoms with Crippen molar-refractivity contribution in [3.63, 3.8) is 0 Å². The van der Waals surface area contributed by atoms with E-state index in [-0.39, 0.29) is 22.8 Å². The van der Waals surface area contributed by atoms with Crippen LogP contribution >= 0.6 is 0 Å². The van der Waals surface area contributed by atoms with E-state index in [2.05, 4.69) is 6.58 Å². The number of phenolic OH excluding ortho intramolecular Hbond substituents is 2. The van der Waals surface area contributed by atoms with Gasteiger partial charge in [-0.15, -0.1) is 6.58 Å². The van der Waals surface area contributed by atoms with Crippen LogP contribution in [0.3, 0.4) is 0 Å². The van der Waals surface area contributed by atoms with Crippen molar-refractivity contribution in [2.75, 3.05) is 0 Å². The SMILES string of the molecule is C=CCCCCC(=O)c1ccc(O)cc1O. The minimum Gasteiger partial charge on any atom is -0.508 e. The lowest BCUT2D eigenvalue weighted by Crippen LogP contribution is -1.99. The van der Waals surface area contributed by atoms with E-state index in [1.807, 2.05) is 6.08 Å². The van der Waals surface area contributed by atoms with Crippen LogP contribution in [0.25, 0.3) is 0 Å². The van der Waals surface area contributed by atoms with Gasteiger partial charge in [-0.1, -0.05) is 6.08 Å². The molecule has 0 aliphatic heterocycles. The van der Waals surface area contributed by atoms with Gasteiger partial charge in [-0.2, -0.15) is 0 Å². The summed E-state index contributed by atoms with van der Waals surface area (Å²) in [5.41, 5.74) is 0.274. The van der Waals surface area contributed by atoms with E-state index in [4.69, 9.17) is 5.11 Å². The zero-order valence-corrected chi connectivity index (χ0v) is 9.15. The van der Waals surface area contributed by atoms with Crippen LogP contribution in [0.2, 0.25) is 0 Å². The number of allylic oxidation sites excluding steroid dienone is 1. The predicted molar refractivity (Wildman–Crippen MR) is 62.8 cm³/mol. The molecule has 0 atom stereocenters. The van der Waals surface area contributed by atoms with E-state index in [0.29, 0.717) is 6.42 Å². The molecule has 1 aromatic carbocycles. The van der Waals surface area contributed by atoms with Crippen molar-refractivity contribution < 1.29 is 15.0 Å². The van der Waals surface area contributed by atoms with Crippen LogP contribution < -0.4 is 0 Å². The van der Waals surface area contributed by atoms with Gasteiger partial charge >= 0.3 is 0 Å². The normalized spacial score (nSPS) is 10.0. The van der Waals surface area contributed by atoms with Gasteiger partial charge in [0.2, 0.25) is 0 Å². The number of rotatable bonds is 6. The van der Waals surface area contributed by atoms with E-state index in [1.165, 1.54) is 18.2 Å². The van der Waals surface area contributed by atoms with Crippen LogP contribution in [0.5, 0.6) is 11.5 Å². The molecular weight excluding hydrogens is 204 g/mol. The third-order valence-electron chi connectivity index (χ3n) is 2.34. The molecule has 0 aromatic heterocycles. The van der Waals surface area contributed by atoms with E-state index in [1.54, 1.807) is 0 Å². The molecule has 86 valence electrons. The van der Waals surface area contributed by atoms with E-state index >= 15 is 0 Å².